The molecule has 0 bridgehead atoms. The minimum atomic E-state index is -0.883. The molecule has 0 fully saturated rings. The average molecular weight is 287 g/mol. The van der Waals surface area contributed by atoms with Crippen LogP contribution in [0.4, 0.5) is 4.39 Å². The highest BCUT2D eigenvalue weighted by Gasteiger charge is 2.11. The van der Waals surface area contributed by atoms with Crippen LogP contribution < -0.4 is 9.47 Å². The summed E-state index contributed by atoms with van der Waals surface area (Å²) < 4.78 is 23.4. The molecule has 2 aromatic carbocycles. The van der Waals surface area contributed by atoms with Crippen LogP contribution >= 0.6 is 0 Å². The Balaban J connectivity index is 2.06. The lowest BCUT2D eigenvalue weighted by atomic mass is 10.1. The Hall–Kier alpha value is -2.58. The number of nitrogens with zero attached hydrogens (tertiary/aromatic N) is 1. The quantitative estimate of drug-likeness (QED) is 0.918. The van der Waals surface area contributed by atoms with E-state index in [2.05, 4.69) is 0 Å². The molecule has 0 saturated carbocycles. The topological polar surface area (TPSA) is 62.5 Å². The number of hydrogen-bond donors (Lipinski definition) is 1. The maximum Gasteiger partial charge on any atom is 0.162 e. The molecule has 0 aromatic heterocycles. The molecule has 0 heterocycles. The summed E-state index contributed by atoms with van der Waals surface area (Å²) in [5.41, 5.74) is 1.02. The fourth-order valence-corrected chi connectivity index (χ4v) is 1.81. The van der Waals surface area contributed by atoms with Crippen LogP contribution in [0, 0.1) is 17.1 Å². The summed E-state index contributed by atoms with van der Waals surface area (Å²) in [6.45, 7) is -0.00606. The lowest BCUT2D eigenvalue weighted by Crippen LogP contribution is -2.10. The largest absolute Gasteiger partial charge is 0.493 e. The zero-order valence-electron chi connectivity index (χ0n) is 11.4. The normalized spacial score (nSPS) is 11.5. The highest BCUT2D eigenvalue weighted by Crippen LogP contribution is 2.28. The minimum Gasteiger partial charge on any atom is -0.493 e. The number of methoxy groups -OCH3 is 1. The van der Waals surface area contributed by atoms with Gasteiger partial charge in [0.1, 0.15) is 18.5 Å². The number of aliphatic hydroxyl groups excluding tert-OH is 1. The number of halogens is 1. The molecule has 1 unspecified atom stereocenters. The summed E-state index contributed by atoms with van der Waals surface area (Å²) in [5, 5.41) is 18.8. The highest BCUT2D eigenvalue weighted by molar-refractivity contribution is 5.46. The van der Waals surface area contributed by atoms with Crippen LogP contribution in [-0.4, -0.2) is 18.8 Å². The Labute approximate surface area is 122 Å². The fraction of sp³-hybridized carbons (Fsp3) is 0.188. The molecule has 0 spiro atoms. The van der Waals surface area contributed by atoms with Crippen molar-refractivity contribution in [2.75, 3.05) is 13.7 Å². The minimum absolute atomic E-state index is 0.00606. The standard InChI is InChI=1S/C16H14FNO3/c1-20-16-8-11(9-18)2-7-15(16)21-10-14(19)12-3-5-13(17)6-4-12/h2-8,14,19H,10H2,1H3. The summed E-state index contributed by atoms with van der Waals surface area (Å²) in [4.78, 5) is 0. The third kappa shape index (κ3) is 3.71. The van der Waals surface area contributed by atoms with E-state index in [1.165, 1.54) is 31.4 Å². The summed E-state index contributed by atoms with van der Waals surface area (Å²) in [7, 11) is 1.47. The van der Waals surface area contributed by atoms with E-state index in [0.29, 0.717) is 22.6 Å². The van der Waals surface area contributed by atoms with E-state index in [1.54, 1.807) is 18.2 Å². The Kier molecular flexibility index (Phi) is 4.75. The summed E-state index contributed by atoms with van der Waals surface area (Å²) in [5.74, 6) is 0.485. The van der Waals surface area contributed by atoms with Crippen molar-refractivity contribution in [1.29, 1.82) is 5.26 Å². The van der Waals surface area contributed by atoms with Gasteiger partial charge in [-0.2, -0.15) is 5.26 Å². The van der Waals surface area contributed by atoms with Crippen LogP contribution in [0.25, 0.3) is 0 Å². The number of benzene rings is 2. The first-order chi connectivity index (χ1) is 10.1. The molecule has 0 saturated heterocycles. The van der Waals surface area contributed by atoms with Crippen LogP contribution in [-0.2, 0) is 0 Å². The molecule has 2 aromatic rings. The molecule has 0 amide bonds. The van der Waals surface area contributed by atoms with Gasteiger partial charge >= 0.3 is 0 Å². The first kappa shape index (κ1) is 14.8. The van der Waals surface area contributed by atoms with Crippen LogP contribution in [0.2, 0.25) is 0 Å². The van der Waals surface area contributed by atoms with Crippen LogP contribution in [0.5, 0.6) is 11.5 Å². The number of aliphatic hydroxyl groups is 1. The molecule has 1 N–H and O–H groups in total. The van der Waals surface area contributed by atoms with Crippen molar-refractivity contribution in [3.63, 3.8) is 0 Å². The molecule has 4 nitrogen and oxygen atoms in total. The lowest BCUT2D eigenvalue weighted by Gasteiger charge is -2.14. The van der Waals surface area contributed by atoms with E-state index in [-0.39, 0.29) is 12.4 Å². The molecular formula is C16H14FNO3. The molecule has 2 rings (SSSR count). The average Bonchev–Trinajstić information content (AvgIpc) is 2.53. The molecule has 0 aliphatic rings. The van der Waals surface area contributed by atoms with Crippen molar-refractivity contribution in [3.05, 3.63) is 59.4 Å². The Morgan fingerprint density at radius 2 is 1.90 bits per heavy atom. The van der Waals surface area contributed by atoms with Gasteiger partial charge in [0.05, 0.1) is 18.7 Å². The second-order valence-corrected chi connectivity index (χ2v) is 4.36. The van der Waals surface area contributed by atoms with Crippen LogP contribution in [0.1, 0.15) is 17.2 Å². The zero-order valence-corrected chi connectivity index (χ0v) is 11.4. The summed E-state index contributed by atoms with van der Waals surface area (Å²) >= 11 is 0. The van der Waals surface area contributed by atoms with Gasteiger partial charge in [0.15, 0.2) is 11.5 Å². The van der Waals surface area contributed by atoms with Gasteiger partial charge in [-0.1, -0.05) is 12.1 Å². The lowest BCUT2D eigenvalue weighted by molar-refractivity contribution is 0.106. The summed E-state index contributed by atoms with van der Waals surface area (Å²) in [6, 6.07) is 12.3. The molecular weight excluding hydrogens is 273 g/mol. The molecule has 1 atom stereocenters. The Morgan fingerprint density at radius 3 is 2.52 bits per heavy atom. The predicted molar refractivity (Wildman–Crippen MR) is 74.6 cm³/mol. The van der Waals surface area contributed by atoms with Crippen molar-refractivity contribution in [1.82, 2.24) is 0 Å². The third-order valence-corrected chi connectivity index (χ3v) is 2.94. The van der Waals surface area contributed by atoms with E-state index in [0.717, 1.165) is 0 Å². The van der Waals surface area contributed by atoms with E-state index >= 15 is 0 Å². The van der Waals surface area contributed by atoms with E-state index in [9.17, 15) is 9.50 Å². The van der Waals surface area contributed by atoms with Crippen LogP contribution in [0.3, 0.4) is 0 Å². The van der Waals surface area contributed by atoms with Gasteiger partial charge in [0.25, 0.3) is 0 Å². The fourth-order valence-electron chi connectivity index (χ4n) is 1.81. The zero-order chi connectivity index (χ0) is 15.2. The smallest absolute Gasteiger partial charge is 0.162 e. The number of nitriles is 1. The van der Waals surface area contributed by atoms with E-state index in [1.807, 2.05) is 6.07 Å². The van der Waals surface area contributed by atoms with E-state index < -0.39 is 6.10 Å². The van der Waals surface area contributed by atoms with E-state index in [4.69, 9.17) is 14.7 Å². The van der Waals surface area contributed by atoms with Gasteiger partial charge in [-0.25, -0.2) is 4.39 Å². The third-order valence-electron chi connectivity index (χ3n) is 2.94. The van der Waals surface area contributed by atoms with Gasteiger partial charge in [0, 0.05) is 6.07 Å². The molecule has 0 radical (unpaired) electrons. The molecule has 0 aliphatic carbocycles. The highest BCUT2D eigenvalue weighted by atomic mass is 19.1. The van der Waals surface area contributed by atoms with Gasteiger partial charge in [-0.15, -0.1) is 0 Å². The Bertz CT molecular complexity index is 650. The van der Waals surface area contributed by atoms with Crippen molar-refractivity contribution in [2.24, 2.45) is 0 Å². The molecule has 5 heteroatoms. The van der Waals surface area contributed by atoms with Crippen molar-refractivity contribution >= 4 is 0 Å². The first-order valence-corrected chi connectivity index (χ1v) is 6.28. The van der Waals surface area contributed by atoms with Crippen molar-refractivity contribution in [3.8, 4) is 17.6 Å². The first-order valence-electron chi connectivity index (χ1n) is 6.28. The van der Waals surface area contributed by atoms with Gasteiger partial charge < -0.3 is 14.6 Å². The van der Waals surface area contributed by atoms with Gasteiger partial charge in [-0.05, 0) is 29.8 Å². The summed E-state index contributed by atoms with van der Waals surface area (Å²) in [6.07, 6.45) is -0.883. The van der Waals surface area contributed by atoms with Crippen molar-refractivity contribution in [2.45, 2.75) is 6.10 Å². The second-order valence-electron chi connectivity index (χ2n) is 4.36. The maximum atomic E-state index is 12.8. The maximum absolute atomic E-state index is 12.8. The molecule has 108 valence electrons. The number of ether oxygens (including phenoxy) is 2. The number of rotatable bonds is 5. The Morgan fingerprint density at radius 1 is 1.19 bits per heavy atom. The molecule has 0 aliphatic heterocycles. The van der Waals surface area contributed by atoms with Crippen molar-refractivity contribution < 1.29 is 19.0 Å². The van der Waals surface area contributed by atoms with Gasteiger partial charge in [0.2, 0.25) is 0 Å². The molecule has 21 heavy (non-hydrogen) atoms. The SMILES string of the molecule is COc1cc(C#N)ccc1OCC(O)c1ccc(F)cc1. The van der Waals surface area contributed by atoms with Gasteiger partial charge in [-0.3, -0.25) is 0 Å². The second kappa shape index (κ2) is 6.73. The van der Waals surface area contributed by atoms with Crippen LogP contribution in [0.15, 0.2) is 42.5 Å². The predicted octanol–water partition coefficient (Wildman–Crippen LogP) is 2.82. The number of hydrogen-bond acceptors (Lipinski definition) is 4. The monoisotopic (exact) mass is 287 g/mol.